The molecule has 4 heteroatoms. The fourth-order valence-electron chi connectivity index (χ4n) is 2.31. The van der Waals surface area contributed by atoms with Crippen LogP contribution in [0.2, 0.25) is 0 Å². The molecule has 21 heavy (non-hydrogen) atoms. The fraction of sp³-hybridized carbons (Fsp3) is 0.529. The second-order valence-corrected chi connectivity index (χ2v) is 5.70. The molecule has 0 bridgehead atoms. The van der Waals surface area contributed by atoms with Crippen LogP contribution in [0.15, 0.2) is 24.3 Å². The maximum atomic E-state index is 12.7. The summed E-state index contributed by atoms with van der Waals surface area (Å²) < 4.78 is 0. The van der Waals surface area contributed by atoms with Crippen LogP contribution in [0.4, 0.5) is 0 Å². The molecule has 0 heterocycles. The molecule has 1 aromatic rings. The Morgan fingerprint density at radius 3 is 2.14 bits per heavy atom. The van der Waals surface area contributed by atoms with Crippen molar-refractivity contribution in [3.8, 4) is 0 Å². The molecule has 1 N–H and O–H groups in total. The van der Waals surface area contributed by atoms with Gasteiger partial charge in [0.2, 0.25) is 5.91 Å². The zero-order chi connectivity index (χ0) is 16.0. The van der Waals surface area contributed by atoms with Crippen LogP contribution in [0.5, 0.6) is 0 Å². The number of hydrogen-bond donors (Lipinski definition) is 1. The van der Waals surface area contributed by atoms with E-state index in [1.54, 1.807) is 4.90 Å². The van der Waals surface area contributed by atoms with Gasteiger partial charge in [0.1, 0.15) is 0 Å². The third kappa shape index (κ3) is 4.31. The average molecular weight is 291 g/mol. The number of nitrogens with zero attached hydrogens (tertiary/aromatic N) is 1. The topological polar surface area (TPSA) is 57.6 Å². The minimum atomic E-state index is -0.883. The summed E-state index contributed by atoms with van der Waals surface area (Å²) >= 11 is 0. The predicted molar refractivity (Wildman–Crippen MR) is 83.4 cm³/mol. The Hall–Kier alpha value is -1.84. The lowest BCUT2D eigenvalue weighted by Crippen LogP contribution is -2.44. The predicted octanol–water partition coefficient (Wildman–Crippen LogP) is 2.85. The minimum absolute atomic E-state index is 0.0234. The van der Waals surface area contributed by atoms with Crippen LogP contribution in [0, 0.1) is 0 Å². The van der Waals surface area contributed by atoms with E-state index in [0.717, 1.165) is 12.0 Å². The maximum absolute atomic E-state index is 12.7. The van der Waals surface area contributed by atoms with Gasteiger partial charge in [-0.15, -0.1) is 0 Å². The molecule has 1 aromatic carbocycles. The lowest BCUT2D eigenvalue weighted by molar-refractivity contribution is -0.140. The summed E-state index contributed by atoms with van der Waals surface area (Å²) in [5.41, 5.74) is 1.54. The first kappa shape index (κ1) is 17.2. The van der Waals surface area contributed by atoms with Crippen LogP contribution >= 0.6 is 0 Å². The number of carbonyl (C=O) groups excluding carboxylic acids is 1. The Labute approximate surface area is 126 Å². The minimum Gasteiger partial charge on any atom is -0.481 e. The number of aryl methyl sites for hydroxylation is 1. The third-order valence-electron chi connectivity index (χ3n) is 3.88. The Morgan fingerprint density at radius 2 is 1.71 bits per heavy atom. The largest absolute Gasteiger partial charge is 0.481 e. The van der Waals surface area contributed by atoms with Crippen molar-refractivity contribution >= 4 is 11.9 Å². The molecule has 0 aliphatic heterocycles. The van der Waals surface area contributed by atoms with Crippen LogP contribution in [-0.2, 0) is 21.4 Å². The number of carbonyl (C=O) groups is 2. The summed E-state index contributed by atoms with van der Waals surface area (Å²) in [5, 5.41) is 8.78. The average Bonchev–Trinajstić information content (AvgIpc) is 2.47. The summed E-state index contributed by atoms with van der Waals surface area (Å²) in [5.74, 6) is -0.915. The summed E-state index contributed by atoms with van der Waals surface area (Å²) in [6.45, 7) is 8.51. The molecule has 0 atom stereocenters. The van der Waals surface area contributed by atoms with Gasteiger partial charge in [0.05, 0.1) is 11.8 Å². The lowest BCUT2D eigenvalue weighted by Gasteiger charge is -2.31. The highest BCUT2D eigenvalue weighted by molar-refractivity contribution is 5.87. The molecule has 0 saturated carbocycles. The number of benzene rings is 1. The van der Waals surface area contributed by atoms with Crippen molar-refractivity contribution in [2.24, 2.45) is 0 Å². The van der Waals surface area contributed by atoms with E-state index in [1.165, 1.54) is 5.56 Å². The van der Waals surface area contributed by atoms with Crippen molar-refractivity contribution in [3.05, 3.63) is 35.4 Å². The Morgan fingerprint density at radius 1 is 1.14 bits per heavy atom. The molecule has 0 aromatic heterocycles. The highest BCUT2D eigenvalue weighted by Gasteiger charge is 2.33. The number of carboxylic acids is 1. The van der Waals surface area contributed by atoms with E-state index < -0.39 is 11.4 Å². The van der Waals surface area contributed by atoms with Crippen molar-refractivity contribution < 1.29 is 14.7 Å². The Balaban J connectivity index is 2.91. The van der Waals surface area contributed by atoms with E-state index in [4.69, 9.17) is 5.11 Å². The fourth-order valence-corrected chi connectivity index (χ4v) is 2.31. The number of aliphatic carboxylic acids is 1. The normalized spacial score (nSPS) is 11.2. The molecule has 1 rings (SSSR count). The first-order valence-corrected chi connectivity index (χ1v) is 7.43. The van der Waals surface area contributed by atoms with Gasteiger partial charge < -0.3 is 10.0 Å². The zero-order valence-electron chi connectivity index (χ0n) is 13.3. The van der Waals surface area contributed by atoms with Gasteiger partial charge in [-0.05, 0) is 38.3 Å². The van der Waals surface area contributed by atoms with Crippen LogP contribution in [0.25, 0.3) is 0 Å². The molecule has 0 saturated heterocycles. The SMILES string of the molecule is CCc1ccc(C(C)(C)C(=O)N(CC)CCC(=O)O)cc1. The molecule has 1 amide bonds. The standard InChI is InChI=1S/C17H25NO3/c1-5-13-7-9-14(10-8-13)17(3,4)16(21)18(6-2)12-11-15(19)20/h7-10H,5-6,11-12H2,1-4H3,(H,19,20). The summed E-state index contributed by atoms with van der Waals surface area (Å²) in [4.78, 5) is 25.0. The van der Waals surface area contributed by atoms with E-state index in [-0.39, 0.29) is 18.9 Å². The number of hydrogen-bond acceptors (Lipinski definition) is 2. The van der Waals surface area contributed by atoms with Gasteiger partial charge in [-0.3, -0.25) is 9.59 Å². The Kier molecular flexibility index (Phi) is 5.94. The van der Waals surface area contributed by atoms with Crippen LogP contribution < -0.4 is 0 Å². The maximum Gasteiger partial charge on any atom is 0.305 e. The van der Waals surface area contributed by atoms with Gasteiger partial charge in [0.15, 0.2) is 0 Å². The molecule has 0 aliphatic carbocycles. The number of carboxylic acid groups (broad SMARTS) is 1. The second-order valence-electron chi connectivity index (χ2n) is 5.70. The molecule has 0 aliphatic rings. The van der Waals surface area contributed by atoms with Crippen molar-refractivity contribution in [1.82, 2.24) is 4.90 Å². The van der Waals surface area contributed by atoms with Gasteiger partial charge in [-0.25, -0.2) is 0 Å². The van der Waals surface area contributed by atoms with Crippen molar-refractivity contribution in [2.45, 2.75) is 46.0 Å². The summed E-state index contributed by atoms with van der Waals surface area (Å²) in [7, 11) is 0. The summed E-state index contributed by atoms with van der Waals surface area (Å²) in [6, 6.07) is 8.05. The van der Waals surface area contributed by atoms with E-state index in [0.29, 0.717) is 6.54 Å². The number of rotatable bonds is 7. The van der Waals surface area contributed by atoms with Crippen LogP contribution in [0.3, 0.4) is 0 Å². The molecule has 0 radical (unpaired) electrons. The highest BCUT2D eigenvalue weighted by Crippen LogP contribution is 2.26. The van der Waals surface area contributed by atoms with Gasteiger partial charge in [0, 0.05) is 13.1 Å². The smallest absolute Gasteiger partial charge is 0.305 e. The summed E-state index contributed by atoms with van der Waals surface area (Å²) in [6.07, 6.45) is 0.943. The molecule has 116 valence electrons. The molecule has 4 nitrogen and oxygen atoms in total. The van der Waals surface area contributed by atoms with Gasteiger partial charge in [-0.2, -0.15) is 0 Å². The van der Waals surface area contributed by atoms with E-state index in [1.807, 2.05) is 45.0 Å². The van der Waals surface area contributed by atoms with Gasteiger partial charge in [-0.1, -0.05) is 31.2 Å². The third-order valence-corrected chi connectivity index (χ3v) is 3.88. The molecule has 0 spiro atoms. The molecule has 0 unspecified atom stereocenters. The quantitative estimate of drug-likeness (QED) is 0.840. The second kappa shape index (κ2) is 7.25. The van der Waals surface area contributed by atoms with E-state index >= 15 is 0 Å². The van der Waals surface area contributed by atoms with E-state index in [9.17, 15) is 9.59 Å². The zero-order valence-corrected chi connectivity index (χ0v) is 13.3. The Bertz CT molecular complexity index is 491. The van der Waals surface area contributed by atoms with Crippen LogP contribution in [-0.4, -0.2) is 35.0 Å². The number of amides is 1. The van der Waals surface area contributed by atoms with Gasteiger partial charge in [0.25, 0.3) is 0 Å². The first-order valence-electron chi connectivity index (χ1n) is 7.43. The van der Waals surface area contributed by atoms with E-state index in [2.05, 4.69) is 6.92 Å². The number of likely N-dealkylation sites (N-methyl/N-ethyl adjacent to an activating group) is 1. The molecular formula is C17H25NO3. The highest BCUT2D eigenvalue weighted by atomic mass is 16.4. The molecule has 0 fully saturated rings. The van der Waals surface area contributed by atoms with Crippen molar-refractivity contribution in [1.29, 1.82) is 0 Å². The molecular weight excluding hydrogens is 266 g/mol. The van der Waals surface area contributed by atoms with Crippen molar-refractivity contribution in [2.75, 3.05) is 13.1 Å². The monoisotopic (exact) mass is 291 g/mol. The first-order chi connectivity index (χ1) is 9.82. The van der Waals surface area contributed by atoms with Gasteiger partial charge >= 0.3 is 5.97 Å². The lowest BCUT2D eigenvalue weighted by atomic mass is 9.82. The van der Waals surface area contributed by atoms with Crippen molar-refractivity contribution in [3.63, 3.8) is 0 Å². The van der Waals surface area contributed by atoms with Crippen LogP contribution in [0.1, 0.15) is 45.2 Å².